The van der Waals surface area contributed by atoms with Crippen LogP contribution in [-0.4, -0.2) is 53.9 Å². The van der Waals surface area contributed by atoms with Crippen LogP contribution in [0.25, 0.3) is 5.57 Å². The van der Waals surface area contributed by atoms with Crippen LogP contribution >= 0.6 is 23.2 Å². The van der Waals surface area contributed by atoms with Crippen LogP contribution in [0.1, 0.15) is 24.0 Å². The normalized spacial score (nSPS) is 19.3. The summed E-state index contributed by atoms with van der Waals surface area (Å²) in [6.07, 6.45) is -1.34. The first-order chi connectivity index (χ1) is 16.1. The van der Waals surface area contributed by atoms with Gasteiger partial charge >= 0.3 is 6.18 Å². The summed E-state index contributed by atoms with van der Waals surface area (Å²) in [6, 6.07) is 6.69. The lowest BCUT2D eigenvalue weighted by Gasteiger charge is -2.34. The van der Waals surface area contributed by atoms with Gasteiger partial charge in [0.25, 0.3) is 0 Å². The number of nitrogens with one attached hydrogen (secondary N) is 1. The number of benzene rings is 1. The Morgan fingerprint density at radius 2 is 1.97 bits per heavy atom. The molecule has 3 heterocycles. The molecule has 2 amide bonds. The molecule has 1 saturated heterocycles. The van der Waals surface area contributed by atoms with E-state index < -0.39 is 23.7 Å². The van der Waals surface area contributed by atoms with Gasteiger partial charge in [-0.1, -0.05) is 41.4 Å². The molecule has 1 unspecified atom stereocenters. The molecule has 0 spiro atoms. The predicted octanol–water partition coefficient (Wildman–Crippen LogP) is 4.42. The van der Waals surface area contributed by atoms with Gasteiger partial charge in [-0.25, -0.2) is 4.98 Å². The standard InChI is InChI=1S/C23H21Cl2F3N4O2/c24-17-3-1-2-16(21(17)25)14-6-9-31(10-7-14)20(33)12-18-22(34)32(11-8-29-18)19-5-4-15(13-30-19)23(26,27)28/h1-6,13,18,29H,7-12H2. The zero-order valence-corrected chi connectivity index (χ0v) is 19.4. The topological polar surface area (TPSA) is 65.5 Å². The molecule has 1 aromatic heterocycles. The minimum absolute atomic E-state index is 0.0585. The van der Waals surface area contributed by atoms with Gasteiger partial charge in [-0.3, -0.25) is 14.5 Å². The monoisotopic (exact) mass is 512 g/mol. The molecule has 1 atom stereocenters. The van der Waals surface area contributed by atoms with E-state index >= 15 is 0 Å². The van der Waals surface area contributed by atoms with E-state index in [4.69, 9.17) is 23.2 Å². The molecular weight excluding hydrogens is 492 g/mol. The number of hydrogen-bond acceptors (Lipinski definition) is 4. The number of anilines is 1. The number of nitrogens with zero attached hydrogens (tertiary/aromatic N) is 3. The van der Waals surface area contributed by atoms with Crippen LogP contribution in [0.4, 0.5) is 19.0 Å². The smallest absolute Gasteiger partial charge is 0.339 e. The average Bonchev–Trinajstić information content (AvgIpc) is 2.82. The fraction of sp³-hybridized carbons (Fsp3) is 0.348. The van der Waals surface area contributed by atoms with Crippen molar-refractivity contribution in [1.29, 1.82) is 0 Å². The zero-order valence-electron chi connectivity index (χ0n) is 17.9. The molecule has 1 fully saturated rings. The fourth-order valence-corrected chi connectivity index (χ4v) is 4.45. The van der Waals surface area contributed by atoms with Crippen molar-refractivity contribution in [1.82, 2.24) is 15.2 Å². The predicted molar refractivity (Wildman–Crippen MR) is 124 cm³/mol. The molecule has 1 N–H and O–H groups in total. The Morgan fingerprint density at radius 1 is 1.18 bits per heavy atom. The summed E-state index contributed by atoms with van der Waals surface area (Å²) >= 11 is 12.4. The van der Waals surface area contributed by atoms with E-state index in [1.54, 1.807) is 11.0 Å². The molecule has 2 aromatic rings. The first-order valence-corrected chi connectivity index (χ1v) is 11.4. The molecule has 0 radical (unpaired) electrons. The number of halogens is 5. The van der Waals surface area contributed by atoms with Crippen molar-refractivity contribution in [2.24, 2.45) is 0 Å². The molecule has 6 nitrogen and oxygen atoms in total. The number of carbonyl (C=O) groups excluding carboxylic acids is 2. The van der Waals surface area contributed by atoms with Crippen LogP contribution < -0.4 is 10.2 Å². The third kappa shape index (κ3) is 5.21. The highest BCUT2D eigenvalue weighted by atomic mass is 35.5. The molecule has 0 aliphatic carbocycles. The number of piperazine rings is 1. The zero-order chi connectivity index (χ0) is 24.5. The van der Waals surface area contributed by atoms with Crippen LogP contribution in [0.2, 0.25) is 10.0 Å². The lowest BCUT2D eigenvalue weighted by Crippen LogP contribution is -2.57. The second kappa shape index (κ2) is 9.93. The summed E-state index contributed by atoms with van der Waals surface area (Å²) in [7, 11) is 0. The van der Waals surface area contributed by atoms with Crippen LogP contribution in [0.3, 0.4) is 0 Å². The fourth-order valence-electron chi connectivity index (χ4n) is 4.03. The van der Waals surface area contributed by atoms with E-state index in [1.165, 1.54) is 11.0 Å². The Kier molecular flexibility index (Phi) is 7.16. The summed E-state index contributed by atoms with van der Waals surface area (Å²) < 4.78 is 38.4. The van der Waals surface area contributed by atoms with Gasteiger partial charge in [-0.2, -0.15) is 13.2 Å². The van der Waals surface area contributed by atoms with Gasteiger partial charge in [0.1, 0.15) is 5.82 Å². The minimum atomic E-state index is -4.51. The summed E-state index contributed by atoms with van der Waals surface area (Å²) in [6.45, 7) is 1.49. The number of pyridine rings is 1. The van der Waals surface area contributed by atoms with Crippen LogP contribution in [0.15, 0.2) is 42.6 Å². The van der Waals surface area contributed by atoms with Crippen molar-refractivity contribution >= 4 is 46.4 Å². The van der Waals surface area contributed by atoms with Gasteiger partial charge in [-0.15, -0.1) is 0 Å². The number of aromatic nitrogens is 1. The second-order valence-corrected chi connectivity index (χ2v) is 8.81. The third-order valence-electron chi connectivity index (χ3n) is 5.88. The SMILES string of the molecule is O=C(CC1NCCN(c2ccc(C(F)(F)F)cn2)C1=O)N1CC=C(c2cccc(Cl)c2Cl)CC1. The van der Waals surface area contributed by atoms with Crippen LogP contribution in [-0.2, 0) is 15.8 Å². The lowest BCUT2D eigenvalue weighted by molar-refractivity contribution is -0.137. The molecule has 4 rings (SSSR count). The van der Waals surface area contributed by atoms with Crippen molar-refractivity contribution in [3.05, 3.63) is 63.8 Å². The van der Waals surface area contributed by atoms with E-state index in [2.05, 4.69) is 10.3 Å². The Bertz CT molecular complexity index is 1120. The van der Waals surface area contributed by atoms with E-state index in [-0.39, 0.29) is 24.7 Å². The summed E-state index contributed by atoms with van der Waals surface area (Å²) in [5.74, 6) is -0.465. The van der Waals surface area contributed by atoms with E-state index in [0.717, 1.165) is 17.2 Å². The van der Waals surface area contributed by atoms with Crippen molar-refractivity contribution in [3.8, 4) is 0 Å². The van der Waals surface area contributed by atoms with Gasteiger partial charge in [0, 0.05) is 32.4 Å². The van der Waals surface area contributed by atoms with Crippen molar-refractivity contribution in [2.45, 2.75) is 25.1 Å². The first kappa shape index (κ1) is 24.5. The van der Waals surface area contributed by atoms with Gasteiger partial charge in [0.2, 0.25) is 11.8 Å². The van der Waals surface area contributed by atoms with Crippen molar-refractivity contribution in [3.63, 3.8) is 0 Å². The number of rotatable bonds is 4. The van der Waals surface area contributed by atoms with E-state index in [0.29, 0.717) is 42.3 Å². The van der Waals surface area contributed by atoms with E-state index in [1.807, 2.05) is 18.2 Å². The highest BCUT2D eigenvalue weighted by Gasteiger charge is 2.34. The number of hydrogen-bond donors (Lipinski definition) is 1. The highest BCUT2D eigenvalue weighted by Crippen LogP contribution is 2.33. The minimum Gasteiger partial charge on any atom is -0.339 e. The first-order valence-electron chi connectivity index (χ1n) is 10.6. The maximum absolute atomic E-state index is 12.9. The van der Waals surface area contributed by atoms with Gasteiger partial charge in [0.05, 0.1) is 28.1 Å². The van der Waals surface area contributed by atoms with Gasteiger partial charge in [-0.05, 0) is 35.8 Å². The molecule has 34 heavy (non-hydrogen) atoms. The number of alkyl halides is 3. The average molecular weight is 513 g/mol. The van der Waals surface area contributed by atoms with Crippen LogP contribution in [0, 0.1) is 0 Å². The summed E-state index contributed by atoms with van der Waals surface area (Å²) in [5, 5.41) is 3.97. The van der Waals surface area contributed by atoms with Gasteiger partial charge in [0.15, 0.2) is 0 Å². The Hall–Kier alpha value is -2.62. The van der Waals surface area contributed by atoms with E-state index in [9.17, 15) is 22.8 Å². The Labute approximate surface area is 204 Å². The summed E-state index contributed by atoms with van der Waals surface area (Å²) in [4.78, 5) is 32.6. The second-order valence-electron chi connectivity index (χ2n) is 8.02. The maximum Gasteiger partial charge on any atom is 0.417 e. The van der Waals surface area contributed by atoms with Crippen molar-refractivity contribution in [2.75, 3.05) is 31.1 Å². The molecule has 180 valence electrons. The largest absolute Gasteiger partial charge is 0.417 e. The lowest BCUT2D eigenvalue weighted by atomic mass is 9.99. The van der Waals surface area contributed by atoms with Crippen molar-refractivity contribution < 1.29 is 22.8 Å². The molecule has 0 bridgehead atoms. The number of carbonyl (C=O) groups is 2. The van der Waals surface area contributed by atoms with Crippen LogP contribution in [0.5, 0.6) is 0 Å². The Balaban J connectivity index is 1.39. The maximum atomic E-state index is 12.9. The van der Waals surface area contributed by atoms with Gasteiger partial charge < -0.3 is 10.2 Å². The Morgan fingerprint density at radius 3 is 2.62 bits per heavy atom. The molecule has 2 aliphatic rings. The molecule has 2 aliphatic heterocycles. The molecule has 0 saturated carbocycles. The number of amides is 2. The molecule has 1 aromatic carbocycles. The molecular formula is C23H21Cl2F3N4O2. The third-order valence-corrected chi connectivity index (χ3v) is 6.70. The molecule has 11 heteroatoms. The summed E-state index contributed by atoms with van der Waals surface area (Å²) in [5.41, 5.74) is 0.954. The quantitative estimate of drug-likeness (QED) is 0.658. The highest BCUT2D eigenvalue weighted by molar-refractivity contribution is 6.43.